The lowest BCUT2D eigenvalue weighted by atomic mass is 10.00. The maximum atomic E-state index is 12.6. The number of rotatable bonds is 2. The van der Waals surface area contributed by atoms with Gasteiger partial charge in [-0.05, 0) is 45.7 Å². The Labute approximate surface area is 135 Å². The number of aryl methyl sites for hydroxylation is 2. The number of benzene rings is 1. The van der Waals surface area contributed by atoms with Crippen LogP contribution in [0.1, 0.15) is 43.5 Å². The summed E-state index contributed by atoms with van der Waals surface area (Å²) in [5.41, 5.74) is 3.52. The SMILES string of the molecule is Cc1ccc(C)c([C@H](C)NC(=O)N2CC[S@](=O)[C@@H](C)[C@@H]2C)c1. The van der Waals surface area contributed by atoms with Crippen molar-refractivity contribution in [3.05, 3.63) is 34.9 Å². The fraction of sp³-hybridized carbons (Fsp3) is 0.588. The molecule has 1 aromatic carbocycles. The highest BCUT2D eigenvalue weighted by Crippen LogP contribution is 2.21. The van der Waals surface area contributed by atoms with Crippen LogP contribution in [0.4, 0.5) is 4.79 Å². The summed E-state index contributed by atoms with van der Waals surface area (Å²) in [4.78, 5) is 14.4. The van der Waals surface area contributed by atoms with E-state index in [4.69, 9.17) is 0 Å². The van der Waals surface area contributed by atoms with Gasteiger partial charge in [0.15, 0.2) is 0 Å². The lowest BCUT2D eigenvalue weighted by Crippen LogP contribution is -2.55. The molecule has 0 saturated carbocycles. The minimum atomic E-state index is -0.829. The molecule has 1 aliphatic rings. The molecule has 5 heteroatoms. The molecule has 0 aliphatic carbocycles. The van der Waals surface area contributed by atoms with Crippen molar-refractivity contribution < 1.29 is 9.00 Å². The Morgan fingerprint density at radius 2 is 2.05 bits per heavy atom. The molecule has 2 rings (SSSR count). The van der Waals surface area contributed by atoms with E-state index < -0.39 is 10.8 Å². The summed E-state index contributed by atoms with van der Waals surface area (Å²) in [5.74, 6) is 0.566. The van der Waals surface area contributed by atoms with E-state index in [9.17, 15) is 9.00 Å². The summed E-state index contributed by atoms with van der Waals surface area (Å²) in [6.07, 6.45) is 0. The Morgan fingerprint density at radius 1 is 1.36 bits per heavy atom. The molecule has 0 radical (unpaired) electrons. The fourth-order valence-electron chi connectivity index (χ4n) is 2.91. The molecule has 0 bridgehead atoms. The predicted octanol–water partition coefficient (Wildman–Crippen LogP) is 2.92. The van der Waals surface area contributed by atoms with Crippen LogP contribution in [0.2, 0.25) is 0 Å². The molecule has 1 heterocycles. The topological polar surface area (TPSA) is 49.4 Å². The number of carbonyl (C=O) groups excluding carboxylic acids is 1. The Morgan fingerprint density at radius 3 is 2.73 bits per heavy atom. The van der Waals surface area contributed by atoms with Gasteiger partial charge in [-0.1, -0.05) is 23.8 Å². The van der Waals surface area contributed by atoms with Crippen LogP contribution in [0.5, 0.6) is 0 Å². The van der Waals surface area contributed by atoms with Crippen LogP contribution in [0.3, 0.4) is 0 Å². The van der Waals surface area contributed by atoms with E-state index in [1.54, 1.807) is 0 Å². The van der Waals surface area contributed by atoms with Crippen molar-refractivity contribution in [2.45, 2.75) is 52.0 Å². The van der Waals surface area contributed by atoms with Gasteiger partial charge in [0, 0.05) is 29.1 Å². The second-order valence-corrected chi connectivity index (χ2v) is 8.17. The van der Waals surface area contributed by atoms with Gasteiger partial charge in [0.1, 0.15) is 0 Å². The third-order valence-electron chi connectivity index (χ3n) is 4.62. The summed E-state index contributed by atoms with van der Waals surface area (Å²) < 4.78 is 11.9. The van der Waals surface area contributed by atoms with Gasteiger partial charge in [-0.2, -0.15) is 0 Å². The molecule has 1 saturated heterocycles. The van der Waals surface area contributed by atoms with E-state index in [1.165, 1.54) is 11.1 Å². The molecule has 1 N–H and O–H groups in total. The second kappa shape index (κ2) is 6.82. The van der Waals surface area contributed by atoms with Crippen molar-refractivity contribution >= 4 is 16.8 Å². The molecule has 122 valence electrons. The van der Waals surface area contributed by atoms with Crippen LogP contribution in [0, 0.1) is 13.8 Å². The Balaban J connectivity index is 2.08. The third-order valence-corrected chi connectivity index (χ3v) is 6.43. The van der Waals surface area contributed by atoms with Gasteiger partial charge >= 0.3 is 6.03 Å². The number of nitrogens with zero attached hydrogens (tertiary/aromatic N) is 1. The number of carbonyl (C=O) groups is 1. The van der Waals surface area contributed by atoms with Crippen molar-refractivity contribution in [3.63, 3.8) is 0 Å². The minimum absolute atomic E-state index is 0.000361. The summed E-state index contributed by atoms with van der Waals surface area (Å²) in [7, 11) is -0.829. The normalized spacial score (nSPS) is 26.6. The Hall–Kier alpha value is -1.36. The van der Waals surface area contributed by atoms with Gasteiger partial charge < -0.3 is 10.2 Å². The average Bonchev–Trinajstić information content (AvgIpc) is 2.47. The number of hydrogen-bond donors (Lipinski definition) is 1. The highest BCUT2D eigenvalue weighted by atomic mass is 32.2. The van der Waals surface area contributed by atoms with Crippen LogP contribution in [0.15, 0.2) is 18.2 Å². The molecular weight excluding hydrogens is 296 g/mol. The van der Waals surface area contributed by atoms with E-state index in [0.717, 1.165) is 5.56 Å². The molecule has 22 heavy (non-hydrogen) atoms. The quantitative estimate of drug-likeness (QED) is 0.910. The van der Waals surface area contributed by atoms with E-state index >= 15 is 0 Å². The fourth-order valence-corrected chi connectivity index (χ4v) is 4.24. The van der Waals surface area contributed by atoms with Gasteiger partial charge in [0.2, 0.25) is 0 Å². The molecule has 1 aromatic rings. The van der Waals surface area contributed by atoms with Crippen LogP contribution < -0.4 is 5.32 Å². The number of urea groups is 1. The van der Waals surface area contributed by atoms with Crippen molar-refractivity contribution in [1.82, 2.24) is 10.2 Å². The van der Waals surface area contributed by atoms with E-state index in [2.05, 4.69) is 37.4 Å². The monoisotopic (exact) mass is 322 g/mol. The molecule has 1 aliphatic heterocycles. The first kappa shape index (κ1) is 17.0. The lowest BCUT2D eigenvalue weighted by molar-refractivity contribution is 0.176. The molecule has 0 unspecified atom stereocenters. The highest BCUT2D eigenvalue weighted by Gasteiger charge is 2.33. The first-order chi connectivity index (χ1) is 10.3. The minimum Gasteiger partial charge on any atom is -0.331 e. The van der Waals surface area contributed by atoms with Crippen LogP contribution in [-0.4, -0.2) is 38.7 Å². The molecule has 4 nitrogen and oxygen atoms in total. The summed E-state index contributed by atoms with van der Waals surface area (Å²) in [6.45, 7) is 10.6. The summed E-state index contributed by atoms with van der Waals surface area (Å²) in [6, 6.07) is 6.18. The largest absolute Gasteiger partial charge is 0.331 e. The predicted molar refractivity (Wildman–Crippen MR) is 91.5 cm³/mol. The maximum absolute atomic E-state index is 12.6. The Bertz CT molecular complexity index is 588. The first-order valence-electron chi connectivity index (χ1n) is 7.82. The molecule has 4 atom stereocenters. The van der Waals surface area contributed by atoms with E-state index in [1.807, 2.05) is 25.7 Å². The zero-order valence-electron chi connectivity index (χ0n) is 14.1. The Kier molecular flexibility index (Phi) is 5.27. The van der Waals surface area contributed by atoms with Crippen molar-refractivity contribution in [2.24, 2.45) is 0 Å². The maximum Gasteiger partial charge on any atom is 0.318 e. The van der Waals surface area contributed by atoms with Gasteiger partial charge in [-0.15, -0.1) is 0 Å². The number of hydrogen-bond acceptors (Lipinski definition) is 2. The van der Waals surface area contributed by atoms with E-state index in [0.29, 0.717) is 12.3 Å². The second-order valence-electron chi connectivity index (χ2n) is 6.26. The third kappa shape index (κ3) is 3.51. The van der Waals surface area contributed by atoms with Crippen molar-refractivity contribution in [3.8, 4) is 0 Å². The van der Waals surface area contributed by atoms with Crippen molar-refractivity contribution in [2.75, 3.05) is 12.3 Å². The van der Waals surface area contributed by atoms with Gasteiger partial charge in [0.25, 0.3) is 0 Å². The lowest BCUT2D eigenvalue weighted by Gasteiger charge is -2.37. The average molecular weight is 322 g/mol. The van der Waals surface area contributed by atoms with Crippen LogP contribution in [0.25, 0.3) is 0 Å². The van der Waals surface area contributed by atoms with Gasteiger partial charge in [0.05, 0.1) is 11.3 Å². The van der Waals surface area contributed by atoms with Crippen LogP contribution >= 0.6 is 0 Å². The molecule has 0 aromatic heterocycles. The van der Waals surface area contributed by atoms with Gasteiger partial charge in [-0.25, -0.2) is 4.79 Å². The molecule has 2 amide bonds. The smallest absolute Gasteiger partial charge is 0.318 e. The van der Waals surface area contributed by atoms with Crippen molar-refractivity contribution in [1.29, 1.82) is 0 Å². The number of nitrogens with one attached hydrogen (secondary N) is 1. The summed E-state index contributed by atoms with van der Waals surface area (Å²) >= 11 is 0. The highest BCUT2D eigenvalue weighted by molar-refractivity contribution is 7.85. The first-order valence-corrected chi connectivity index (χ1v) is 9.21. The summed E-state index contributed by atoms with van der Waals surface area (Å²) in [5, 5.41) is 3.11. The van der Waals surface area contributed by atoms with Gasteiger partial charge in [-0.3, -0.25) is 4.21 Å². The molecule has 0 spiro atoms. The molecule has 1 fully saturated rings. The van der Waals surface area contributed by atoms with E-state index in [-0.39, 0.29) is 23.4 Å². The standard InChI is InChI=1S/C17H26N2O2S/c1-11-6-7-12(2)16(10-11)13(3)18-17(20)19-8-9-22(21)15(5)14(19)4/h6-7,10,13-15H,8-9H2,1-5H3,(H,18,20)/t13-,14-,15-,22-/m0/s1. The van der Waals surface area contributed by atoms with Crippen LogP contribution in [-0.2, 0) is 10.8 Å². The zero-order chi connectivity index (χ0) is 16.4. The zero-order valence-corrected chi connectivity index (χ0v) is 14.9. The molecular formula is C17H26N2O2S. The number of amides is 2.